The molecular formula is C38H43N3O6. The van der Waals surface area contributed by atoms with E-state index in [1.807, 2.05) is 91.0 Å². The Balaban J connectivity index is 1.32. The lowest BCUT2D eigenvalue weighted by atomic mass is 9.90. The van der Waals surface area contributed by atoms with Crippen LogP contribution in [0.3, 0.4) is 0 Å². The fourth-order valence-corrected chi connectivity index (χ4v) is 5.87. The first-order valence-corrected chi connectivity index (χ1v) is 15.8. The summed E-state index contributed by atoms with van der Waals surface area (Å²) in [5.74, 6) is -0.506. The molecule has 0 spiro atoms. The Kier molecular flexibility index (Phi) is 11.8. The molecule has 5 atom stereocenters. The van der Waals surface area contributed by atoms with Crippen molar-refractivity contribution in [1.29, 1.82) is 0 Å². The highest BCUT2D eigenvalue weighted by Gasteiger charge is 2.39. The topological polar surface area (TPSA) is 109 Å². The molecule has 0 aromatic heterocycles. The van der Waals surface area contributed by atoms with E-state index < -0.39 is 24.3 Å². The van der Waals surface area contributed by atoms with Crippen molar-refractivity contribution in [1.82, 2.24) is 10.2 Å². The van der Waals surface area contributed by atoms with Gasteiger partial charge in [0.25, 0.3) is 0 Å². The summed E-state index contributed by atoms with van der Waals surface area (Å²) in [5.41, 5.74) is 5.22. The number of methoxy groups -OCH3 is 1. The van der Waals surface area contributed by atoms with Crippen LogP contribution in [0.25, 0.3) is 0 Å². The minimum absolute atomic E-state index is 0.0244. The molecule has 47 heavy (non-hydrogen) atoms. The Morgan fingerprint density at radius 2 is 1.53 bits per heavy atom. The predicted molar refractivity (Wildman–Crippen MR) is 180 cm³/mol. The zero-order valence-electron chi connectivity index (χ0n) is 27.0. The van der Waals surface area contributed by atoms with Crippen molar-refractivity contribution in [2.45, 2.75) is 51.0 Å². The number of aliphatic hydroxyl groups excluding tert-OH is 1. The minimum Gasteiger partial charge on any atom is -0.467 e. The van der Waals surface area contributed by atoms with Crippen LogP contribution in [-0.2, 0) is 38.6 Å². The molecule has 4 aromatic carbocycles. The summed E-state index contributed by atoms with van der Waals surface area (Å²) in [4.78, 5) is 27.8. The lowest BCUT2D eigenvalue weighted by Crippen LogP contribution is -2.45. The molecule has 0 aliphatic carbocycles. The largest absolute Gasteiger partial charge is 0.467 e. The average Bonchev–Trinajstić information content (AvgIpc) is 3.09. The molecule has 3 N–H and O–H groups in total. The first kappa shape index (κ1) is 33.8. The van der Waals surface area contributed by atoms with Crippen LogP contribution in [0.1, 0.15) is 47.1 Å². The molecule has 4 aromatic rings. The van der Waals surface area contributed by atoms with E-state index in [9.17, 15) is 14.7 Å². The van der Waals surface area contributed by atoms with Crippen LogP contribution in [0.2, 0.25) is 0 Å². The van der Waals surface area contributed by atoms with E-state index in [4.69, 9.17) is 14.2 Å². The smallest absolute Gasteiger partial charge is 0.328 e. The van der Waals surface area contributed by atoms with Gasteiger partial charge in [-0.2, -0.15) is 0 Å². The van der Waals surface area contributed by atoms with E-state index in [1.54, 1.807) is 6.07 Å². The van der Waals surface area contributed by atoms with Crippen molar-refractivity contribution in [3.8, 4) is 0 Å². The number of anilines is 1. The Morgan fingerprint density at radius 1 is 0.851 bits per heavy atom. The van der Waals surface area contributed by atoms with Crippen LogP contribution in [0.15, 0.2) is 109 Å². The number of aliphatic hydroxyl groups is 1. The van der Waals surface area contributed by atoms with E-state index >= 15 is 0 Å². The number of rotatable bonds is 12. The summed E-state index contributed by atoms with van der Waals surface area (Å²) < 4.78 is 18.2. The maximum Gasteiger partial charge on any atom is 0.328 e. The third-order valence-corrected chi connectivity index (χ3v) is 8.40. The summed E-state index contributed by atoms with van der Waals surface area (Å²) in [6.45, 7) is 3.56. The van der Waals surface area contributed by atoms with Gasteiger partial charge in [0, 0.05) is 36.7 Å². The van der Waals surface area contributed by atoms with Gasteiger partial charge < -0.3 is 30.0 Å². The number of urea groups is 1. The molecule has 1 aliphatic rings. The van der Waals surface area contributed by atoms with E-state index in [2.05, 4.69) is 41.6 Å². The number of esters is 1. The minimum atomic E-state index is -0.858. The molecule has 5 rings (SSSR count). The standard InChI is InChI=1S/C38H43N3O6/c1-26-34(24-41(2)23-28-13-8-5-9-14-28)46-37(47-35(26)30-19-17-29(25-42)18-20-30)31-15-10-16-32(22-31)39-38(44)40-33(36(43)45-3)21-27-11-6-4-7-12-27/h4-20,22,26,33-35,37,42H,21,23-25H2,1-3H3,(H2,39,40,44)/t26-,33-,34+,35+,37+/m0/s1. The van der Waals surface area contributed by atoms with E-state index in [0.717, 1.165) is 28.8 Å². The van der Waals surface area contributed by atoms with Gasteiger partial charge in [-0.3, -0.25) is 4.90 Å². The number of amides is 2. The lowest BCUT2D eigenvalue weighted by molar-refractivity contribution is -0.276. The van der Waals surface area contributed by atoms with E-state index in [1.165, 1.54) is 12.7 Å². The van der Waals surface area contributed by atoms with Gasteiger partial charge in [0.05, 0.1) is 25.9 Å². The molecule has 0 radical (unpaired) electrons. The second-order valence-electron chi connectivity index (χ2n) is 12.0. The first-order chi connectivity index (χ1) is 22.8. The molecule has 0 saturated carbocycles. The normalized spacial score (nSPS) is 19.9. The highest BCUT2D eigenvalue weighted by molar-refractivity contribution is 5.92. The lowest BCUT2D eigenvalue weighted by Gasteiger charge is -2.42. The van der Waals surface area contributed by atoms with Crippen LogP contribution < -0.4 is 10.6 Å². The Morgan fingerprint density at radius 3 is 2.19 bits per heavy atom. The van der Waals surface area contributed by atoms with Crippen molar-refractivity contribution in [2.24, 2.45) is 5.92 Å². The van der Waals surface area contributed by atoms with Crippen molar-refractivity contribution in [3.63, 3.8) is 0 Å². The molecule has 1 aliphatic heterocycles. The number of carbonyl (C=O) groups excluding carboxylic acids is 2. The third kappa shape index (κ3) is 9.27. The molecule has 246 valence electrons. The van der Waals surface area contributed by atoms with Crippen LogP contribution in [-0.4, -0.2) is 54.9 Å². The Labute approximate surface area is 276 Å². The molecule has 9 heteroatoms. The number of nitrogens with zero attached hydrogens (tertiary/aromatic N) is 1. The van der Waals surface area contributed by atoms with Gasteiger partial charge in [0.15, 0.2) is 6.29 Å². The predicted octanol–water partition coefficient (Wildman–Crippen LogP) is 6.01. The second kappa shape index (κ2) is 16.3. The molecule has 0 bridgehead atoms. The van der Waals surface area contributed by atoms with Crippen LogP contribution >= 0.6 is 0 Å². The first-order valence-electron chi connectivity index (χ1n) is 15.8. The summed E-state index contributed by atoms with van der Waals surface area (Å²) in [5, 5.41) is 15.2. The zero-order valence-corrected chi connectivity index (χ0v) is 27.0. The quantitative estimate of drug-likeness (QED) is 0.163. The highest BCUT2D eigenvalue weighted by atomic mass is 16.7. The van der Waals surface area contributed by atoms with Gasteiger partial charge in [-0.25, -0.2) is 9.59 Å². The molecule has 1 saturated heterocycles. The average molecular weight is 638 g/mol. The molecule has 1 heterocycles. The summed E-state index contributed by atoms with van der Waals surface area (Å²) in [6, 6.07) is 33.5. The number of ether oxygens (including phenoxy) is 3. The number of nitrogens with one attached hydrogen (secondary N) is 2. The Bertz CT molecular complexity index is 1580. The van der Waals surface area contributed by atoms with Gasteiger partial charge in [0.2, 0.25) is 0 Å². The number of carbonyl (C=O) groups is 2. The SMILES string of the molecule is COC(=O)[C@H](Cc1ccccc1)NC(=O)Nc1cccc([C@@H]2O[C@H](CN(C)Cc3ccccc3)[C@H](C)[C@H](c3ccc(CO)cc3)O2)c1. The van der Waals surface area contributed by atoms with Crippen molar-refractivity contribution < 1.29 is 28.9 Å². The second-order valence-corrected chi connectivity index (χ2v) is 12.0. The number of hydrogen-bond acceptors (Lipinski definition) is 7. The van der Waals surface area contributed by atoms with Gasteiger partial charge in [-0.15, -0.1) is 0 Å². The van der Waals surface area contributed by atoms with E-state index in [-0.39, 0.29) is 24.7 Å². The van der Waals surface area contributed by atoms with E-state index in [0.29, 0.717) is 18.7 Å². The number of benzene rings is 4. The summed E-state index contributed by atoms with van der Waals surface area (Å²) in [7, 11) is 3.39. The summed E-state index contributed by atoms with van der Waals surface area (Å²) in [6.07, 6.45) is -0.836. The van der Waals surface area contributed by atoms with Crippen LogP contribution in [0, 0.1) is 5.92 Å². The van der Waals surface area contributed by atoms with Crippen molar-refractivity contribution in [2.75, 3.05) is 26.0 Å². The fourth-order valence-electron chi connectivity index (χ4n) is 5.87. The third-order valence-electron chi connectivity index (χ3n) is 8.40. The van der Waals surface area contributed by atoms with Crippen molar-refractivity contribution in [3.05, 3.63) is 137 Å². The van der Waals surface area contributed by atoms with Gasteiger partial charge in [-0.1, -0.05) is 104 Å². The van der Waals surface area contributed by atoms with Crippen molar-refractivity contribution >= 4 is 17.7 Å². The molecular weight excluding hydrogens is 594 g/mol. The van der Waals surface area contributed by atoms with Crippen LogP contribution in [0.5, 0.6) is 0 Å². The van der Waals surface area contributed by atoms with Gasteiger partial charge in [0.1, 0.15) is 6.04 Å². The monoisotopic (exact) mass is 637 g/mol. The van der Waals surface area contributed by atoms with Gasteiger partial charge in [-0.05, 0) is 41.4 Å². The Hall–Kier alpha value is -4.54. The summed E-state index contributed by atoms with van der Waals surface area (Å²) >= 11 is 0. The number of hydrogen-bond donors (Lipinski definition) is 3. The zero-order chi connectivity index (χ0) is 33.2. The molecule has 2 amide bonds. The molecule has 9 nitrogen and oxygen atoms in total. The van der Waals surface area contributed by atoms with Gasteiger partial charge >= 0.3 is 12.0 Å². The fraction of sp³-hybridized carbons (Fsp3) is 0.316. The van der Waals surface area contributed by atoms with Crippen LogP contribution in [0.4, 0.5) is 10.5 Å². The number of likely N-dealkylation sites (N-methyl/N-ethyl adjacent to an activating group) is 1. The maximum atomic E-state index is 13.1. The highest BCUT2D eigenvalue weighted by Crippen LogP contribution is 2.42. The molecule has 0 unspecified atom stereocenters. The maximum absolute atomic E-state index is 13.1. The molecule has 1 fully saturated rings.